The molecular weight excluding hydrogens is 188 g/mol. The number of aliphatic hydroxyl groups excluding tert-OH is 1. The van der Waals surface area contributed by atoms with Crippen LogP contribution < -0.4 is 0 Å². The fourth-order valence-electron chi connectivity index (χ4n) is 2.46. The maximum Gasteiger partial charge on any atom is 0.0558 e. The van der Waals surface area contributed by atoms with Gasteiger partial charge in [0.05, 0.1) is 6.61 Å². The monoisotopic (exact) mass is 214 g/mol. The molecule has 0 aromatic rings. The van der Waals surface area contributed by atoms with Gasteiger partial charge in [-0.1, -0.05) is 13.8 Å². The molecule has 0 radical (unpaired) electrons. The Labute approximate surface area is 94.1 Å². The standard InChI is InChI=1S/C12H26N2O/c1-10(2)12-9-13(7-8-15)5-6-14(12)11(3)4/h10-12,15H,5-9H2,1-4H3. The molecule has 0 aliphatic carbocycles. The van der Waals surface area contributed by atoms with E-state index >= 15 is 0 Å². The SMILES string of the molecule is CC(C)C1CN(CCO)CCN1C(C)C. The molecule has 0 bridgehead atoms. The van der Waals surface area contributed by atoms with E-state index in [1.807, 2.05) is 0 Å². The minimum Gasteiger partial charge on any atom is -0.395 e. The first-order valence-electron chi connectivity index (χ1n) is 6.15. The normalized spacial score (nSPS) is 25.4. The predicted molar refractivity (Wildman–Crippen MR) is 64.0 cm³/mol. The average molecular weight is 214 g/mol. The second kappa shape index (κ2) is 5.83. The van der Waals surface area contributed by atoms with E-state index in [0.29, 0.717) is 18.0 Å². The fourth-order valence-corrected chi connectivity index (χ4v) is 2.46. The molecule has 0 spiro atoms. The summed E-state index contributed by atoms with van der Waals surface area (Å²) in [4.78, 5) is 4.97. The first-order chi connectivity index (χ1) is 7.06. The van der Waals surface area contributed by atoms with Gasteiger partial charge in [-0.05, 0) is 19.8 Å². The van der Waals surface area contributed by atoms with Gasteiger partial charge in [-0.15, -0.1) is 0 Å². The number of aliphatic hydroxyl groups is 1. The van der Waals surface area contributed by atoms with Crippen molar-refractivity contribution >= 4 is 0 Å². The van der Waals surface area contributed by atoms with Gasteiger partial charge in [-0.3, -0.25) is 9.80 Å². The first-order valence-corrected chi connectivity index (χ1v) is 6.15. The number of piperazine rings is 1. The molecule has 15 heavy (non-hydrogen) atoms. The van der Waals surface area contributed by atoms with E-state index in [0.717, 1.165) is 26.2 Å². The molecule has 1 aliphatic heterocycles. The largest absolute Gasteiger partial charge is 0.395 e. The van der Waals surface area contributed by atoms with Crippen molar-refractivity contribution in [2.45, 2.75) is 39.8 Å². The summed E-state index contributed by atoms with van der Waals surface area (Å²) >= 11 is 0. The molecule has 3 nitrogen and oxygen atoms in total. The number of rotatable bonds is 4. The van der Waals surface area contributed by atoms with Crippen molar-refractivity contribution < 1.29 is 5.11 Å². The van der Waals surface area contributed by atoms with Crippen LogP contribution in [-0.2, 0) is 0 Å². The Bertz CT molecular complexity index is 182. The van der Waals surface area contributed by atoms with Gasteiger partial charge in [-0.25, -0.2) is 0 Å². The van der Waals surface area contributed by atoms with Crippen molar-refractivity contribution in [3.8, 4) is 0 Å². The number of hydrogen-bond donors (Lipinski definition) is 1. The lowest BCUT2D eigenvalue weighted by molar-refractivity contribution is 0.0222. The van der Waals surface area contributed by atoms with Crippen LogP contribution in [0.25, 0.3) is 0 Å². The van der Waals surface area contributed by atoms with Crippen molar-refractivity contribution in [2.24, 2.45) is 5.92 Å². The minimum absolute atomic E-state index is 0.284. The highest BCUT2D eigenvalue weighted by molar-refractivity contribution is 4.85. The molecule has 90 valence electrons. The van der Waals surface area contributed by atoms with Crippen LogP contribution in [0.4, 0.5) is 0 Å². The van der Waals surface area contributed by atoms with Crippen LogP contribution in [0.3, 0.4) is 0 Å². The summed E-state index contributed by atoms with van der Waals surface area (Å²) in [6, 6.07) is 1.28. The average Bonchev–Trinajstić information content (AvgIpc) is 2.17. The van der Waals surface area contributed by atoms with Crippen LogP contribution in [0.5, 0.6) is 0 Å². The second-order valence-electron chi connectivity index (χ2n) is 5.17. The summed E-state index contributed by atoms with van der Waals surface area (Å²) in [5.74, 6) is 0.689. The maximum atomic E-state index is 8.96. The molecule has 1 atom stereocenters. The highest BCUT2D eigenvalue weighted by Crippen LogP contribution is 2.19. The predicted octanol–water partition coefficient (Wildman–Crippen LogP) is 1.03. The zero-order valence-corrected chi connectivity index (χ0v) is 10.6. The van der Waals surface area contributed by atoms with Crippen molar-refractivity contribution in [3.63, 3.8) is 0 Å². The van der Waals surface area contributed by atoms with E-state index < -0.39 is 0 Å². The highest BCUT2D eigenvalue weighted by Gasteiger charge is 2.30. The Balaban J connectivity index is 2.57. The third-order valence-corrected chi connectivity index (χ3v) is 3.39. The summed E-state index contributed by atoms with van der Waals surface area (Å²) in [6.45, 7) is 13.6. The molecule has 0 saturated carbocycles. The lowest BCUT2D eigenvalue weighted by Gasteiger charge is -2.45. The van der Waals surface area contributed by atoms with E-state index in [4.69, 9.17) is 5.11 Å². The number of nitrogens with zero attached hydrogens (tertiary/aromatic N) is 2. The minimum atomic E-state index is 0.284. The molecule has 1 N–H and O–H groups in total. The Morgan fingerprint density at radius 3 is 2.33 bits per heavy atom. The molecule has 1 unspecified atom stereocenters. The third kappa shape index (κ3) is 3.44. The van der Waals surface area contributed by atoms with Gasteiger partial charge in [0.25, 0.3) is 0 Å². The van der Waals surface area contributed by atoms with Crippen LogP contribution in [0.1, 0.15) is 27.7 Å². The Morgan fingerprint density at radius 2 is 1.87 bits per heavy atom. The zero-order valence-electron chi connectivity index (χ0n) is 10.6. The quantitative estimate of drug-likeness (QED) is 0.757. The van der Waals surface area contributed by atoms with E-state index in [9.17, 15) is 0 Å². The molecule has 0 aromatic heterocycles. The van der Waals surface area contributed by atoms with Crippen LogP contribution in [0.15, 0.2) is 0 Å². The lowest BCUT2D eigenvalue weighted by Crippen LogP contribution is -2.57. The summed E-state index contributed by atoms with van der Waals surface area (Å²) in [6.07, 6.45) is 0. The van der Waals surface area contributed by atoms with Gasteiger partial charge in [0.1, 0.15) is 0 Å². The highest BCUT2D eigenvalue weighted by atomic mass is 16.3. The molecule has 3 heteroatoms. The molecule has 1 saturated heterocycles. The first kappa shape index (κ1) is 12.9. The summed E-state index contributed by atoms with van der Waals surface area (Å²) in [5.41, 5.74) is 0. The molecule has 0 amide bonds. The Morgan fingerprint density at radius 1 is 1.20 bits per heavy atom. The molecule has 0 aromatic carbocycles. The van der Waals surface area contributed by atoms with Gasteiger partial charge in [0.15, 0.2) is 0 Å². The van der Waals surface area contributed by atoms with Crippen LogP contribution in [0.2, 0.25) is 0 Å². The summed E-state index contributed by atoms with van der Waals surface area (Å²) in [5, 5.41) is 8.96. The molecule has 1 rings (SSSR count). The van der Waals surface area contributed by atoms with Gasteiger partial charge in [0, 0.05) is 38.3 Å². The molecule has 1 heterocycles. The van der Waals surface area contributed by atoms with Gasteiger partial charge in [0.2, 0.25) is 0 Å². The van der Waals surface area contributed by atoms with Crippen molar-refractivity contribution in [3.05, 3.63) is 0 Å². The van der Waals surface area contributed by atoms with E-state index in [2.05, 4.69) is 37.5 Å². The van der Waals surface area contributed by atoms with Crippen LogP contribution in [0, 0.1) is 5.92 Å². The maximum absolute atomic E-state index is 8.96. The van der Waals surface area contributed by atoms with Crippen molar-refractivity contribution in [1.82, 2.24) is 9.80 Å². The number of hydrogen-bond acceptors (Lipinski definition) is 3. The number of β-amino-alcohol motifs (C(OH)–C–C–N with tert-alkyl or cyclic N) is 1. The van der Waals surface area contributed by atoms with E-state index in [1.54, 1.807) is 0 Å². The van der Waals surface area contributed by atoms with Gasteiger partial charge in [-0.2, -0.15) is 0 Å². The van der Waals surface area contributed by atoms with Crippen LogP contribution in [-0.4, -0.2) is 59.8 Å². The van der Waals surface area contributed by atoms with Gasteiger partial charge >= 0.3 is 0 Å². The van der Waals surface area contributed by atoms with Crippen molar-refractivity contribution in [1.29, 1.82) is 0 Å². The van der Waals surface area contributed by atoms with E-state index in [1.165, 1.54) is 0 Å². The summed E-state index contributed by atoms with van der Waals surface area (Å²) in [7, 11) is 0. The molecule has 1 fully saturated rings. The second-order valence-corrected chi connectivity index (χ2v) is 5.17. The fraction of sp³-hybridized carbons (Fsp3) is 1.00. The zero-order chi connectivity index (χ0) is 11.4. The smallest absolute Gasteiger partial charge is 0.0558 e. The van der Waals surface area contributed by atoms with Gasteiger partial charge < -0.3 is 5.11 Å². The Hall–Kier alpha value is -0.120. The summed E-state index contributed by atoms with van der Waals surface area (Å²) < 4.78 is 0. The van der Waals surface area contributed by atoms with E-state index in [-0.39, 0.29) is 6.61 Å². The Kier molecular flexibility index (Phi) is 5.03. The van der Waals surface area contributed by atoms with Crippen LogP contribution >= 0.6 is 0 Å². The third-order valence-electron chi connectivity index (χ3n) is 3.39. The van der Waals surface area contributed by atoms with Crippen molar-refractivity contribution in [2.75, 3.05) is 32.8 Å². The molecule has 1 aliphatic rings. The lowest BCUT2D eigenvalue weighted by atomic mass is 9.98. The topological polar surface area (TPSA) is 26.7 Å². The molecular formula is C12H26N2O.